The Hall–Kier alpha value is -1.98. The van der Waals surface area contributed by atoms with E-state index in [2.05, 4.69) is 10.6 Å². The minimum atomic E-state index is -0.152. The molecule has 0 unspecified atom stereocenters. The van der Waals surface area contributed by atoms with Gasteiger partial charge in [0.1, 0.15) is 0 Å². The molecule has 0 aromatic rings. The van der Waals surface area contributed by atoms with E-state index in [4.69, 9.17) is 11.5 Å². The number of nitrogens with two attached hydrogens (primary N) is 2. The maximum Gasteiger partial charge on any atom is 0.245 e. The third-order valence-corrected chi connectivity index (χ3v) is 2.42. The van der Waals surface area contributed by atoms with Crippen LogP contribution in [0.2, 0.25) is 0 Å². The van der Waals surface area contributed by atoms with E-state index in [0.717, 1.165) is 25.7 Å². The van der Waals surface area contributed by atoms with Crippen LogP contribution in [-0.4, -0.2) is 24.9 Å². The Balaban J connectivity index is 3.42. The number of unbranched alkanes of at least 4 members (excludes halogenated alkanes) is 3. The third kappa shape index (κ3) is 12.5. The second-order valence-corrected chi connectivity index (χ2v) is 4.77. The Bertz CT molecular complexity index is 331. The molecule has 0 saturated heterocycles. The Labute approximate surface area is 120 Å². The van der Waals surface area contributed by atoms with E-state index in [9.17, 15) is 9.59 Å². The molecule has 6 N–H and O–H groups in total. The van der Waals surface area contributed by atoms with Crippen LogP contribution in [0.5, 0.6) is 0 Å². The van der Waals surface area contributed by atoms with Crippen LogP contribution in [0.4, 0.5) is 0 Å². The van der Waals surface area contributed by atoms with Gasteiger partial charge in [-0.25, -0.2) is 0 Å². The van der Waals surface area contributed by atoms with Crippen molar-refractivity contribution in [1.82, 2.24) is 10.6 Å². The first-order valence-electron chi connectivity index (χ1n) is 6.85. The van der Waals surface area contributed by atoms with Gasteiger partial charge in [-0.15, -0.1) is 0 Å². The predicted octanol–water partition coefficient (Wildman–Crippen LogP) is 0.504. The zero-order valence-corrected chi connectivity index (χ0v) is 12.4. The highest BCUT2D eigenvalue weighted by Gasteiger charge is 1.97. The normalized spacial score (nSPS) is 12.1. The Kier molecular flexibility index (Phi) is 9.82. The molecule has 0 fully saturated rings. The lowest BCUT2D eigenvalue weighted by atomic mass is 10.2. The van der Waals surface area contributed by atoms with Gasteiger partial charge >= 0.3 is 0 Å². The lowest BCUT2D eigenvalue weighted by Crippen LogP contribution is -2.24. The van der Waals surface area contributed by atoms with Gasteiger partial charge in [-0.05, 0) is 26.7 Å². The minimum absolute atomic E-state index is 0.152. The lowest BCUT2D eigenvalue weighted by Gasteiger charge is -2.04. The first-order valence-corrected chi connectivity index (χ1v) is 6.85. The molecule has 6 heteroatoms. The summed E-state index contributed by atoms with van der Waals surface area (Å²) in [5, 5.41) is 5.52. The molecule has 0 rings (SSSR count). The van der Waals surface area contributed by atoms with Crippen LogP contribution in [-0.2, 0) is 9.59 Å². The zero-order chi connectivity index (χ0) is 15.4. The smallest absolute Gasteiger partial charge is 0.245 e. The van der Waals surface area contributed by atoms with E-state index in [1.165, 1.54) is 12.2 Å². The van der Waals surface area contributed by atoms with Gasteiger partial charge in [0.2, 0.25) is 11.8 Å². The van der Waals surface area contributed by atoms with E-state index in [-0.39, 0.29) is 11.8 Å². The van der Waals surface area contributed by atoms with Crippen molar-refractivity contribution in [3.8, 4) is 0 Å². The van der Waals surface area contributed by atoms with Crippen molar-refractivity contribution in [2.24, 2.45) is 11.5 Å². The van der Waals surface area contributed by atoms with E-state index in [1.807, 2.05) is 0 Å². The second kappa shape index (κ2) is 10.9. The molecule has 0 aromatic heterocycles. The van der Waals surface area contributed by atoms with Crippen LogP contribution in [0, 0.1) is 0 Å². The SMILES string of the molecule is C/C(N)=C/C(=O)NCCCCCCNC(=O)/C=C(\C)N. The molecular formula is C14H26N4O2. The Morgan fingerprint density at radius 2 is 1.15 bits per heavy atom. The number of hydrogen-bond donors (Lipinski definition) is 4. The highest BCUT2D eigenvalue weighted by Crippen LogP contribution is 1.98. The molecule has 0 saturated carbocycles. The number of hydrogen-bond acceptors (Lipinski definition) is 4. The molecule has 20 heavy (non-hydrogen) atoms. The van der Waals surface area contributed by atoms with Crippen LogP contribution in [0.15, 0.2) is 23.5 Å². The van der Waals surface area contributed by atoms with Gasteiger partial charge in [-0.2, -0.15) is 0 Å². The highest BCUT2D eigenvalue weighted by atomic mass is 16.2. The molecule has 0 spiro atoms. The summed E-state index contributed by atoms with van der Waals surface area (Å²) in [6.07, 6.45) is 6.60. The predicted molar refractivity (Wildman–Crippen MR) is 80.4 cm³/mol. The van der Waals surface area contributed by atoms with E-state index in [0.29, 0.717) is 24.5 Å². The van der Waals surface area contributed by atoms with Crippen molar-refractivity contribution in [1.29, 1.82) is 0 Å². The van der Waals surface area contributed by atoms with Gasteiger partial charge in [0.25, 0.3) is 0 Å². The molecule has 114 valence electrons. The van der Waals surface area contributed by atoms with Crippen molar-refractivity contribution < 1.29 is 9.59 Å². The van der Waals surface area contributed by atoms with Crippen molar-refractivity contribution in [3.63, 3.8) is 0 Å². The number of carbonyl (C=O) groups excluding carboxylic acids is 2. The molecular weight excluding hydrogens is 256 g/mol. The first kappa shape index (κ1) is 18.0. The van der Waals surface area contributed by atoms with Gasteiger partial charge in [-0.3, -0.25) is 9.59 Å². The molecule has 0 aliphatic rings. The standard InChI is InChI=1S/C14H26N4O2/c1-11(15)9-13(19)17-7-5-3-4-6-8-18-14(20)10-12(2)16/h9-10H,3-8,15-16H2,1-2H3,(H,17,19)(H,18,20)/b11-9-,12-10+. The molecule has 0 radical (unpaired) electrons. The van der Waals surface area contributed by atoms with Crippen molar-refractivity contribution in [2.75, 3.05) is 13.1 Å². The summed E-state index contributed by atoms with van der Waals surface area (Å²) in [5.74, 6) is -0.303. The Morgan fingerprint density at radius 3 is 1.45 bits per heavy atom. The average Bonchev–Trinajstić information content (AvgIpc) is 2.30. The summed E-state index contributed by atoms with van der Waals surface area (Å²) in [6, 6.07) is 0. The van der Waals surface area contributed by atoms with Gasteiger partial charge in [0.05, 0.1) is 0 Å². The Morgan fingerprint density at radius 1 is 0.800 bits per heavy atom. The van der Waals surface area contributed by atoms with Crippen LogP contribution < -0.4 is 22.1 Å². The van der Waals surface area contributed by atoms with Gasteiger partial charge in [-0.1, -0.05) is 12.8 Å². The van der Waals surface area contributed by atoms with Crippen LogP contribution in [0.3, 0.4) is 0 Å². The van der Waals surface area contributed by atoms with Gasteiger partial charge < -0.3 is 22.1 Å². The maximum atomic E-state index is 11.2. The fraction of sp³-hybridized carbons (Fsp3) is 0.571. The molecule has 0 bridgehead atoms. The maximum absolute atomic E-state index is 11.2. The summed E-state index contributed by atoms with van der Waals surface area (Å²) in [7, 11) is 0. The average molecular weight is 282 g/mol. The molecule has 6 nitrogen and oxygen atoms in total. The molecule has 0 heterocycles. The fourth-order valence-electron chi connectivity index (χ4n) is 1.54. The van der Waals surface area contributed by atoms with Gasteiger partial charge in [0.15, 0.2) is 0 Å². The molecule has 0 aromatic carbocycles. The fourth-order valence-corrected chi connectivity index (χ4v) is 1.54. The van der Waals surface area contributed by atoms with Crippen molar-refractivity contribution in [2.45, 2.75) is 39.5 Å². The largest absolute Gasteiger partial charge is 0.402 e. The van der Waals surface area contributed by atoms with E-state index < -0.39 is 0 Å². The van der Waals surface area contributed by atoms with E-state index in [1.54, 1.807) is 13.8 Å². The summed E-state index contributed by atoms with van der Waals surface area (Å²) in [6.45, 7) is 4.64. The molecule has 0 atom stereocenters. The van der Waals surface area contributed by atoms with Gasteiger partial charge in [0, 0.05) is 36.6 Å². The van der Waals surface area contributed by atoms with Crippen LogP contribution in [0.1, 0.15) is 39.5 Å². The van der Waals surface area contributed by atoms with Crippen molar-refractivity contribution in [3.05, 3.63) is 23.5 Å². The number of carbonyl (C=O) groups is 2. The number of allylic oxidation sites excluding steroid dienone is 2. The summed E-state index contributed by atoms with van der Waals surface area (Å²) in [5.41, 5.74) is 11.8. The number of amides is 2. The summed E-state index contributed by atoms with van der Waals surface area (Å²) >= 11 is 0. The highest BCUT2D eigenvalue weighted by molar-refractivity contribution is 5.88. The lowest BCUT2D eigenvalue weighted by molar-refractivity contribution is -0.117. The topological polar surface area (TPSA) is 110 Å². The monoisotopic (exact) mass is 282 g/mol. The summed E-state index contributed by atoms with van der Waals surface area (Å²) < 4.78 is 0. The molecule has 0 aliphatic heterocycles. The second-order valence-electron chi connectivity index (χ2n) is 4.77. The van der Waals surface area contributed by atoms with Crippen molar-refractivity contribution >= 4 is 11.8 Å². The third-order valence-electron chi connectivity index (χ3n) is 2.42. The zero-order valence-electron chi connectivity index (χ0n) is 12.4. The van der Waals surface area contributed by atoms with E-state index >= 15 is 0 Å². The number of rotatable bonds is 9. The first-order chi connectivity index (χ1) is 9.41. The van der Waals surface area contributed by atoms with Crippen LogP contribution >= 0.6 is 0 Å². The number of nitrogens with one attached hydrogen (secondary N) is 2. The molecule has 2 amide bonds. The minimum Gasteiger partial charge on any atom is -0.402 e. The quantitative estimate of drug-likeness (QED) is 0.364. The molecule has 0 aliphatic carbocycles. The van der Waals surface area contributed by atoms with Crippen LogP contribution in [0.25, 0.3) is 0 Å². The summed E-state index contributed by atoms with van der Waals surface area (Å²) in [4.78, 5) is 22.4.